The fourth-order valence-electron chi connectivity index (χ4n) is 0.676. The minimum Gasteiger partial charge on any atom is -0.351 e. The van der Waals surface area contributed by atoms with Crippen LogP contribution in [0.5, 0.6) is 0 Å². The van der Waals surface area contributed by atoms with Crippen LogP contribution in [0.15, 0.2) is 18.3 Å². The van der Waals surface area contributed by atoms with Crippen molar-refractivity contribution in [2.45, 2.75) is 0 Å². The first kappa shape index (κ1) is 8.01. The molecule has 1 rings (SSSR count). The highest BCUT2D eigenvalue weighted by Crippen LogP contribution is 2.04. The quantitative estimate of drug-likeness (QED) is 0.627. The van der Waals surface area contributed by atoms with E-state index in [1.54, 1.807) is 6.07 Å². The molecule has 12 heavy (non-hydrogen) atoms. The fourth-order valence-corrected chi connectivity index (χ4v) is 0.676. The van der Waals surface area contributed by atoms with Crippen LogP contribution >= 0.6 is 0 Å². The van der Waals surface area contributed by atoms with Crippen molar-refractivity contribution in [3.05, 3.63) is 24.0 Å². The van der Waals surface area contributed by atoms with Crippen LogP contribution < -0.4 is 11.1 Å². The molecule has 1 aromatic rings. The highest BCUT2D eigenvalue weighted by molar-refractivity contribution is 5.87. The molecule has 0 atom stereocenters. The Morgan fingerprint density at radius 1 is 1.67 bits per heavy atom. The van der Waals surface area contributed by atoms with Crippen molar-refractivity contribution in [1.29, 1.82) is 5.26 Å². The van der Waals surface area contributed by atoms with Gasteiger partial charge in [0.25, 0.3) is 0 Å². The molecule has 0 bridgehead atoms. The van der Waals surface area contributed by atoms with E-state index in [1.165, 1.54) is 12.3 Å². The molecule has 0 aliphatic heterocycles. The number of nitrogens with two attached hydrogens (primary N) is 1. The molecule has 0 fully saturated rings. The maximum atomic E-state index is 10.3. The molecule has 5 nitrogen and oxygen atoms in total. The van der Waals surface area contributed by atoms with Crippen molar-refractivity contribution in [3.8, 4) is 6.07 Å². The topological polar surface area (TPSA) is 91.8 Å². The predicted octanol–water partition coefficient (Wildman–Crippen LogP) is 0.444. The van der Waals surface area contributed by atoms with Gasteiger partial charge >= 0.3 is 6.03 Å². The van der Waals surface area contributed by atoms with E-state index >= 15 is 0 Å². The summed E-state index contributed by atoms with van der Waals surface area (Å²) in [4.78, 5) is 14.1. The van der Waals surface area contributed by atoms with E-state index in [2.05, 4.69) is 10.3 Å². The van der Waals surface area contributed by atoms with E-state index in [9.17, 15) is 4.79 Å². The number of amides is 2. The maximum absolute atomic E-state index is 10.3. The molecular formula is C7H6N4O. The van der Waals surface area contributed by atoms with Gasteiger partial charge in [0.1, 0.15) is 11.8 Å². The van der Waals surface area contributed by atoms with Crippen LogP contribution in [0.2, 0.25) is 0 Å². The van der Waals surface area contributed by atoms with Crippen LogP contribution in [0.25, 0.3) is 0 Å². The number of carbonyl (C=O) groups is 1. The molecule has 0 aliphatic carbocycles. The Hall–Kier alpha value is -2.09. The van der Waals surface area contributed by atoms with Gasteiger partial charge in [-0.1, -0.05) is 0 Å². The number of rotatable bonds is 1. The van der Waals surface area contributed by atoms with Gasteiger partial charge < -0.3 is 11.1 Å². The monoisotopic (exact) mass is 162 g/mol. The molecule has 0 unspecified atom stereocenters. The number of nitrogens with one attached hydrogen (secondary N) is 1. The molecule has 3 N–H and O–H groups in total. The molecule has 2 amide bonds. The standard InChI is InChI=1S/C7H6N4O/c8-3-5-1-2-6(4-10-5)11-7(9)12/h1-2,4H,(H3,9,11,12). The van der Waals surface area contributed by atoms with Crippen LogP contribution in [0, 0.1) is 11.3 Å². The lowest BCUT2D eigenvalue weighted by Crippen LogP contribution is -2.19. The molecule has 0 radical (unpaired) electrons. The summed E-state index contributed by atoms with van der Waals surface area (Å²) < 4.78 is 0. The Morgan fingerprint density at radius 2 is 2.42 bits per heavy atom. The van der Waals surface area contributed by atoms with Crippen molar-refractivity contribution in [3.63, 3.8) is 0 Å². The largest absolute Gasteiger partial charge is 0.351 e. The van der Waals surface area contributed by atoms with Crippen LogP contribution in [-0.2, 0) is 0 Å². The van der Waals surface area contributed by atoms with E-state index in [-0.39, 0.29) is 0 Å². The summed E-state index contributed by atoms with van der Waals surface area (Å²) in [5.41, 5.74) is 5.62. The fraction of sp³-hybridized carbons (Fsp3) is 0. The third-order valence-electron chi connectivity index (χ3n) is 1.15. The van der Waals surface area contributed by atoms with Crippen LogP contribution in [0.4, 0.5) is 10.5 Å². The zero-order chi connectivity index (χ0) is 8.97. The number of nitriles is 1. The number of nitrogens with zero attached hydrogens (tertiary/aromatic N) is 2. The van der Waals surface area contributed by atoms with Gasteiger partial charge in [0.2, 0.25) is 0 Å². The Morgan fingerprint density at radius 3 is 2.83 bits per heavy atom. The third-order valence-corrected chi connectivity index (χ3v) is 1.15. The first-order chi connectivity index (χ1) is 5.72. The second kappa shape index (κ2) is 3.34. The van der Waals surface area contributed by atoms with Gasteiger partial charge in [-0.05, 0) is 12.1 Å². The van der Waals surface area contributed by atoms with Crippen molar-refractivity contribution in [1.82, 2.24) is 4.98 Å². The van der Waals surface area contributed by atoms with Crippen LogP contribution in [0.1, 0.15) is 5.69 Å². The number of primary amides is 1. The van der Waals surface area contributed by atoms with Crippen molar-refractivity contribution < 1.29 is 4.79 Å². The lowest BCUT2D eigenvalue weighted by atomic mass is 10.3. The first-order valence-electron chi connectivity index (χ1n) is 3.15. The minimum atomic E-state index is -0.651. The third kappa shape index (κ3) is 1.95. The molecule has 1 aromatic heterocycles. The number of hydrogen-bond acceptors (Lipinski definition) is 3. The maximum Gasteiger partial charge on any atom is 0.316 e. The van der Waals surface area contributed by atoms with Gasteiger partial charge in [0.05, 0.1) is 11.9 Å². The summed E-state index contributed by atoms with van der Waals surface area (Å²) in [6.07, 6.45) is 1.36. The lowest BCUT2D eigenvalue weighted by Gasteiger charge is -1.98. The minimum absolute atomic E-state index is 0.296. The van der Waals surface area contributed by atoms with Gasteiger partial charge in [-0.2, -0.15) is 5.26 Å². The molecule has 5 heteroatoms. The Labute approximate surface area is 68.8 Å². The molecule has 0 spiro atoms. The van der Waals surface area contributed by atoms with Gasteiger partial charge in [-0.15, -0.1) is 0 Å². The summed E-state index contributed by atoms with van der Waals surface area (Å²) in [5.74, 6) is 0. The molecular weight excluding hydrogens is 156 g/mol. The molecule has 0 aliphatic rings. The molecule has 60 valence electrons. The van der Waals surface area contributed by atoms with E-state index in [0.29, 0.717) is 11.4 Å². The number of urea groups is 1. The smallest absolute Gasteiger partial charge is 0.316 e. The second-order valence-corrected chi connectivity index (χ2v) is 2.03. The summed E-state index contributed by atoms with van der Waals surface area (Å²) in [6, 6.07) is 4.24. The Bertz CT molecular complexity index is 324. The number of anilines is 1. The first-order valence-corrected chi connectivity index (χ1v) is 3.15. The van der Waals surface area contributed by atoms with Crippen molar-refractivity contribution >= 4 is 11.7 Å². The Balaban J connectivity index is 2.80. The number of carbonyl (C=O) groups excluding carboxylic acids is 1. The van der Waals surface area contributed by atoms with Crippen LogP contribution in [-0.4, -0.2) is 11.0 Å². The molecule has 0 saturated heterocycles. The van der Waals surface area contributed by atoms with Gasteiger partial charge in [-0.3, -0.25) is 0 Å². The lowest BCUT2D eigenvalue weighted by molar-refractivity contribution is 0.259. The highest BCUT2D eigenvalue weighted by Gasteiger charge is 1.95. The second-order valence-electron chi connectivity index (χ2n) is 2.03. The molecule has 0 saturated carbocycles. The Kier molecular flexibility index (Phi) is 2.23. The SMILES string of the molecule is N#Cc1ccc(NC(N)=O)cn1. The van der Waals surface area contributed by atoms with E-state index in [4.69, 9.17) is 11.0 Å². The predicted molar refractivity (Wildman–Crippen MR) is 42.2 cm³/mol. The molecule has 0 aromatic carbocycles. The number of aromatic nitrogens is 1. The molecule has 1 heterocycles. The van der Waals surface area contributed by atoms with Gasteiger partial charge in [0, 0.05) is 0 Å². The normalized spacial score (nSPS) is 8.58. The van der Waals surface area contributed by atoms with Gasteiger partial charge in [-0.25, -0.2) is 9.78 Å². The summed E-state index contributed by atoms with van der Waals surface area (Å²) in [7, 11) is 0. The van der Waals surface area contributed by atoms with E-state index in [1.807, 2.05) is 6.07 Å². The number of pyridine rings is 1. The highest BCUT2D eigenvalue weighted by atomic mass is 16.2. The van der Waals surface area contributed by atoms with Gasteiger partial charge in [0.15, 0.2) is 0 Å². The summed E-state index contributed by atoms with van der Waals surface area (Å²) in [6.45, 7) is 0. The van der Waals surface area contributed by atoms with E-state index in [0.717, 1.165) is 0 Å². The van der Waals surface area contributed by atoms with Crippen molar-refractivity contribution in [2.24, 2.45) is 5.73 Å². The zero-order valence-corrected chi connectivity index (χ0v) is 6.11. The zero-order valence-electron chi connectivity index (χ0n) is 6.11. The number of hydrogen-bond donors (Lipinski definition) is 2. The average Bonchev–Trinajstić information content (AvgIpc) is 2.05. The summed E-state index contributed by atoms with van der Waals surface area (Å²) >= 11 is 0. The average molecular weight is 162 g/mol. The van der Waals surface area contributed by atoms with E-state index < -0.39 is 6.03 Å². The van der Waals surface area contributed by atoms with Crippen LogP contribution in [0.3, 0.4) is 0 Å². The van der Waals surface area contributed by atoms with Crippen molar-refractivity contribution in [2.75, 3.05) is 5.32 Å². The summed E-state index contributed by atoms with van der Waals surface area (Å²) in [5, 5.41) is 10.7.